The summed E-state index contributed by atoms with van der Waals surface area (Å²) in [6.45, 7) is 4.28. The van der Waals surface area contributed by atoms with Crippen LogP contribution in [0.2, 0.25) is 0 Å². The van der Waals surface area contributed by atoms with Crippen LogP contribution in [0.15, 0.2) is 65.6 Å². The van der Waals surface area contributed by atoms with Gasteiger partial charge in [-0.15, -0.1) is 0 Å². The molecule has 0 saturated carbocycles. The number of amides is 2. The van der Waals surface area contributed by atoms with Gasteiger partial charge in [0, 0.05) is 36.6 Å². The standard InChI is InChI=1S/C27H24FN7O3/c1-4-34-22(16-5-8-19(9-6-16)35-15(2)32-33(3)27(35)38)13-17-11-12-30-23(24(17)34)26(37)31-18-7-10-21(28)20(14-18)25(29)36/h5-14H,4H2,1-3H3,(H2,29,36)(H,31,37). The Bertz CT molecular complexity index is 1780. The second-order valence-electron chi connectivity index (χ2n) is 8.72. The summed E-state index contributed by atoms with van der Waals surface area (Å²) in [6, 6.07) is 14.9. The molecule has 0 aliphatic heterocycles. The molecular weight excluding hydrogens is 489 g/mol. The first-order valence-corrected chi connectivity index (χ1v) is 11.8. The van der Waals surface area contributed by atoms with E-state index in [-0.39, 0.29) is 22.6 Å². The summed E-state index contributed by atoms with van der Waals surface area (Å²) >= 11 is 0. The van der Waals surface area contributed by atoms with Gasteiger partial charge in [-0.25, -0.2) is 23.4 Å². The van der Waals surface area contributed by atoms with Crippen LogP contribution in [0.5, 0.6) is 0 Å². The van der Waals surface area contributed by atoms with Crippen molar-refractivity contribution in [1.29, 1.82) is 0 Å². The molecule has 192 valence electrons. The van der Waals surface area contributed by atoms with Crippen LogP contribution >= 0.6 is 0 Å². The Morgan fingerprint density at radius 1 is 1.08 bits per heavy atom. The number of nitrogens with two attached hydrogens (primary N) is 1. The summed E-state index contributed by atoms with van der Waals surface area (Å²) in [7, 11) is 1.61. The lowest BCUT2D eigenvalue weighted by molar-refractivity contribution is 0.0992. The van der Waals surface area contributed by atoms with Gasteiger partial charge in [0.2, 0.25) is 0 Å². The quantitative estimate of drug-likeness (QED) is 0.359. The smallest absolute Gasteiger partial charge is 0.350 e. The maximum atomic E-state index is 13.9. The molecule has 0 bridgehead atoms. The van der Waals surface area contributed by atoms with Crippen molar-refractivity contribution in [3.63, 3.8) is 0 Å². The molecule has 3 N–H and O–H groups in total. The van der Waals surface area contributed by atoms with Gasteiger partial charge in [-0.1, -0.05) is 12.1 Å². The average Bonchev–Trinajstić information content (AvgIpc) is 3.40. The third-order valence-corrected chi connectivity index (χ3v) is 6.34. The van der Waals surface area contributed by atoms with Gasteiger partial charge in [-0.2, -0.15) is 5.10 Å². The molecule has 3 aromatic heterocycles. The molecule has 0 saturated heterocycles. The lowest BCUT2D eigenvalue weighted by Crippen LogP contribution is -2.21. The summed E-state index contributed by atoms with van der Waals surface area (Å²) in [5.74, 6) is -1.63. The summed E-state index contributed by atoms with van der Waals surface area (Å²) < 4.78 is 18.7. The minimum Gasteiger partial charge on any atom is -0.366 e. The Hall–Kier alpha value is -5.06. The molecule has 0 unspecified atom stereocenters. The first-order valence-electron chi connectivity index (χ1n) is 11.8. The molecular formula is C27H24FN7O3. The Labute approximate surface area is 216 Å². The van der Waals surface area contributed by atoms with E-state index in [4.69, 9.17) is 5.73 Å². The fourth-order valence-corrected chi connectivity index (χ4v) is 4.60. The van der Waals surface area contributed by atoms with Crippen molar-refractivity contribution in [3.8, 4) is 16.9 Å². The lowest BCUT2D eigenvalue weighted by atomic mass is 10.1. The Morgan fingerprint density at radius 3 is 2.45 bits per heavy atom. The van der Waals surface area contributed by atoms with Crippen molar-refractivity contribution < 1.29 is 14.0 Å². The van der Waals surface area contributed by atoms with Crippen LogP contribution in [-0.4, -0.2) is 35.7 Å². The van der Waals surface area contributed by atoms with E-state index in [2.05, 4.69) is 15.4 Å². The number of primary amides is 1. The van der Waals surface area contributed by atoms with Gasteiger partial charge in [0.05, 0.1) is 16.8 Å². The highest BCUT2D eigenvalue weighted by molar-refractivity contribution is 6.11. The van der Waals surface area contributed by atoms with E-state index in [1.54, 1.807) is 20.2 Å². The minimum atomic E-state index is -0.932. The predicted octanol–water partition coefficient (Wildman–Crippen LogP) is 3.41. The van der Waals surface area contributed by atoms with Crippen LogP contribution in [-0.2, 0) is 13.6 Å². The van der Waals surface area contributed by atoms with Crippen LogP contribution in [0.4, 0.5) is 10.1 Å². The summed E-state index contributed by atoms with van der Waals surface area (Å²) in [6.07, 6.45) is 1.54. The first kappa shape index (κ1) is 24.6. The van der Waals surface area contributed by atoms with E-state index in [1.165, 1.54) is 21.4 Å². The Balaban J connectivity index is 1.53. The monoisotopic (exact) mass is 513 g/mol. The number of hydrogen-bond donors (Lipinski definition) is 2. The zero-order valence-electron chi connectivity index (χ0n) is 20.9. The molecule has 0 aliphatic carbocycles. The van der Waals surface area contributed by atoms with Gasteiger partial charge in [-0.05, 0) is 61.9 Å². The number of pyridine rings is 1. The molecule has 0 radical (unpaired) electrons. The molecule has 0 spiro atoms. The highest BCUT2D eigenvalue weighted by Gasteiger charge is 2.20. The van der Waals surface area contributed by atoms with E-state index in [0.717, 1.165) is 22.7 Å². The van der Waals surface area contributed by atoms with Gasteiger partial charge < -0.3 is 15.6 Å². The Kier molecular flexibility index (Phi) is 6.11. The SMILES string of the molecule is CCn1c(-c2ccc(-n3c(C)nn(C)c3=O)cc2)cc2ccnc(C(=O)Nc3ccc(F)c(C(N)=O)c3)c21. The summed E-state index contributed by atoms with van der Waals surface area (Å²) in [4.78, 5) is 41.5. The second-order valence-corrected chi connectivity index (χ2v) is 8.72. The largest absolute Gasteiger partial charge is 0.366 e. The zero-order valence-corrected chi connectivity index (χ0v) is 20.9. The van der Waals surface area contributed by atoms with Crippen molar-refractivity contribution in [2.24, 2.45) is 12.8 Å². The van der Waals surface area contributed by atoms with Crippen molar-refractivity contribution in [1.82, 2.24) is 23.9 Å². The van der Waals surface area contributed by atoms with Crippen LogP contribution in [0.1, 0.15) is 33.6 Å². The summed E-state index contributed by atoms with van der Waals surface area (Å²) in [5, 5.41) is 7.66. The Morgan fingerprint density at radius 2 is 1.82 bits per heavy atom. The molecule has 38 heavy (non-hydrogen) atoms. The molecule has 11 heteroatoms. The number of carbonyl (C=O) groups is 2. The molecule has 3 heterocycles. The van der Waals surface area contributed by atoms with Gasteiger partial charge >= 0.3 is 5.69 Å². The fraction of sp³-hybridized carbons (Fsp3) is 0.148. The molecule has 10 nitrogen and oxygen atoms in total. The number of nitrogens with zero attached hydrogens (tertiary/aromatic N) is 5. The average molecular weight is 514 g/mol. The number of rotatable bonds is 6. The van der Waals surface area contributed by atoms with Crippen LogP contribution in [0.3, 0.4) is 0 Å². The fourth-order valence-electron chi connectivity index (χ4n) is 4.60. The first-order chi connectivity index (χ1) is 18.2. The third kappa shape index (κ3) is 4.13. The van der Waals surface area contributed by atoms with Gasteiger partial charge in [0.15, 0.2) is 5.69 Å². The number of anilines is 1. The molecule has 0 aliphatic rings. The number of nitrogens with one attached hydrogen (secondary N) is 1. The van der Waals surface area contributed by atoms with Crippen LogP contribution < -0.4 is 16.7 Å². The number of benzene rings is 2. The van der Waals surface area contributed by atoms with Crippen LogP contribution in [0.25, 0.3) is 27.8 Å². The second kappa shape index (κ2) is 9.43. The van der Waals surface area contributed by atoms with Crippen molar-refractivity contribution in [2.75, 3.05) is 5.32 Å². The highest BCUT2D eigenvalue weighted by atomic mass is 19.1. The van der Waals surface area contributed by atoms with E-state index in [0.29, 0.717) is 23.6 Å². The normalized spacial score (nSPS) is 11.2. The molecule has 0 atom stereocenters. The van der Waals surface area contributed by atoms with Crippen molar-refractivity contribution >= 4 is 28.4 Å². The number of aromatic nitrogens is 5. The molecule has 2 aromatic carbocycles. The van der Waals surface area contributed by atoms with Crippen LogP contribution in [0, 0.1) is 12.7 Å². The van der Waals surface area contributed by atoms with E-state index < -0.39 is 17.6 Å². The number of carbonyl (C=O) groups excluding carboxylic acids is 2. The maximum absolute atomic E-state index is 13.9. The molecule has 5 aromatic rings. The van der Waals surface area contributed by atoms with Gasteiger partial charge in [-0.3, -0.25) is 9.59 Å². The summed E-state index contributed by atoms with van der Waals surface area (Å²) in [5.41, 5.74) is 8.14. The van der Waals surface area contributed by atoms with E-state index >= 15 is 0 Å². The molecule has 0 fully saturated rings. The number of hydrogen-bond acceptors (Lipinski definition) is 5. The third-order valence-electron chi connectivity index (χ3n) is 6.34. The lowest BCUT2D eigenvalue weighted by Gasteiger charge is -2.12. The predicted molar refractivity (Wildman–Crippen MR) is 141 cm³/mol. The minimum absolute atomic E-state index is 0.176. The number of aryl methyl sites for hydroxylation is 3. The van der Waals surface area contributed by atoms with Gasteiger partial charge in [0.25, 0.3) is 11.8 Å². The van der Waals surface area contributed by atoms with E-state index in [1.807, 2.05) is 47.9 Å². The molecule has 5 rings (SSSR count). The van der Waals surface area contributed by atoms with Crippen molar-refractivity contribution in [3.05, 3.63) is 94.2 Å². The number of fused-ring (bicyclic) bond motifs is 1. The molecule has 2 amide bonds. The number of halogens is 1. The van der Waals surface area contributed by atoms with Gasteiger partial charge in [0.1, 0.15) is 11.6 Å². The van der Waals surface area contributed by atoms with E-state index in [9.17, 15) is 18.8 Å². The van der Waals surface area contributed by atoms with Crippen molar-refractivity contribution in [2.45, 2.75) is 20.4 Å². The highest BCUT2D eigenvalue weighted by Crippen LogP contribution is 2.31. The topological polar surface area (TPSA) is 130 Å². The maximum Gasteiger partial charge on any atom is 0.350 e. The zero-order chi connectivity index (χ0) is 27.1.